The van der Waals surface area contributed by atoms with Gasteiger partial charge in [0.05, 0.1) is 6.61 Å². The van der Waals surface area contributed by atoms with E-state index in [0.717, 1.165) is 18.4 Å². The van der Waals surface area contributed by atoms with Crippen LogP contribution in [0.15, 0.2) is 24.3 Å². The van der Waals surface area contributed by atoms with Crippen molar-refractivity contribution < 1.29 is 14.6 Å². The molecule has 1 saturated carbocycles. The summed E-state index contributed by atoms with van der Waals surface area (Å²) in [5.41, 5.74) is 0.848. The van der Waals surface area contributed by atoms with Crippen LogP contribution in [0.4, 0.5) is 0 Å². The van der Waals surface area contributed by atoms with Crippen LogP contribution < -0.4 is 4.74 Å². The van der Waals surface area contributed by atoms with E-state index in [1.807, 2.05) is 0 Å². The topological polar surface area (TPSA) is 46.5 Å². The predicted molar refractivity (Wildman–Crippen MR) is 69.4 cm³/mol. The molecular weight excluding hydrogens is 228 g/mol. The quantitative estimate of drug-likeness (QED) is 0.871. The monoisotopic (exact) mass is 248 g/mol. The summed E-state index contributed by atoms with van der Waals surface area (Å²) < 4.78 is 5.49. The Morgan fingerprint density at radius 3 is 2.44 bits per heavy atom. The van der Waals surface area contributed by atoms with E-state index in [2.05, 4.69) is 0 Å². The zero-order chi connectivity index (χ0) is 12.8. The summed E-state index contributed by atoms with van der Waals surface area (Å²) >= 11 is 0. The van der Waals surface area contributed by atoms with Crippen LogP contribution in [0.2, 0.25) is 0 Å². The summed E-state index contributed by atoms with van der Waals surface area (Å²) in [5, 5.41) is 8.92. The maximum atomic E-state index is 11.9. The van der Waals surface area contributed by atoms with Crippen molar-refractivity contribution >= 4 is 5.78 Å². The molecule has 2 rings (SSSR count). The third-order valence-electron chi connectivity index (χ3n) is 3.55. The van der Waals surface area contributed by atoms with Crippen molar-refractivity contribution in [1.82, 2.24) is 0 Å². The van der Waals surface area contributed by atoms with Gasteiger partial charge in [-0.05, 0) is 30.5 Å². The minimum absolute atomic E-state index is 0.0291. The number of rotatable bonds is 5. The molecule has 18 heavy (non-hydrogen) atoms. The number of Topliss-reactive ketones (excluding diaryl/α,β-unsaturated/α-hetero) is 1. The summed E-state index contributed by atoms with van der Waals surface area (Å²) in [7, 11) is 0. The number of ether oxygens (including phenoxy) is 1. The first kappa shape index (κ1) is 13.1. The summed E-state index contributed by atoms with van der Waals surface area (Å²) in [6.07, 6.45) is 5.63. The van der Waals surface area contributed by atoms with Gasteiger partial charge in [-0.3, -0.25) is 4.79 Å². The number of carbonyl (C=O) groups excluding carboxylic acids is 1. The van der Waals surface area contributed by atoms with E-state index in [9.17, 15) is 4.79 Å². The van der Waals surface area contributed by atoms with Crippen molar-refractivity contribution in [1.29, 1.82) is 0 Å². The second-order valence-electron chi connectivity index (χ2n) is 4.89. The lowest BCUT2D eigenvalue weighted by Crippen LogP contribution is -2.23. The van der Waals surface area contributed by atoms with Crippen molar-refractivity contribution in [3.05, 3.63) is 29.8 Å². The fraction of sp³-hybridized carbons (Fsp3) is 0.533. The molecule has 0 aliphatic heterocycles. The number of aliphatic hydroxyl groups is 1. The summed E-state index contributed by atoms with van der Waals surface area (Å²) in [6, 6.07) is 7.19. The molecule has 0 spiro atoms. The zero-order valence-electron chi connectivity index (χ0n) is 10.6. The number of hydrogen-bond donors (Lipinski definition) is 1. The molecule has 0 heterocycles. The first-order valence-electron chi connectivity index (χ1n) is 6.65. The molecule has 0 saturated heterocycles. The van der Waals surface area contributed by atoms with Crippen molar-refractivity contribution in [3.8, 4) is 5.75 Å². The van der Waals surface area contributed by atoms with Crippen molar-refractivity contribution in [2.45, 2.75) is 38.7 Å². The standard InChI is InChI=1S/C15H20O3/c16-10-12-6-8-14(9-7-12)18-11-15(17)13-4-2-1-3-5-13/h6-9,13,16H,1-5,10-11H2. The lowest BCUT2D eigenvalue weighted by Gasteiger charge is -2.20. The Bertz CT molecular complexity index is 377. The number of aliphatic hydroxyl groups excluding tert-OH is 1. The fourth-order valence-electron chi connectivity index (χ4n) is 2.39. The smallest absolute Gasteiger partial charge is 0.173 e. The first-order chi connectivity index (χ1) is 8.79. The summed E-state index contributed by atoms with van der Waals surface area (Å²) in [5.74, 6) is 1.12. The second-order valence-corrected chi connectivity index (χ2v) is 4.89. The second kappa shape index (κ2) is 6.55. The molecule has 0 aromatic heterocycles. The summed E-state index contributed by atoms with van der Waals surface area (Å²) in [4.78, 5) is 11.9. The van der Waals surface area contributed by atoms with Gasteiger partial charge in [0.15, 0.2) is 5.78 Å². The Kier molecular flexibility index (Phi) is 4.76. The van der Waals surface area contributed by atoms with E-state index in [1.165, 1.54) is 19.3 Å². The van der Waals surface area contributed by atoms with Crippen molar-refractivity contribution in [2.75, 3.05) is 6.61 Å². The van der Waals surface area contributed by atoms with Crippen LogP contribution in [0.3, 0.4) is 0 Å². The first-order valence-corrected chi connectivity index (χ1v) is 6.65. The molecule has 98 valence electrons. The lowest BCUT2D eigenvalue weighted by atomic mass is 9.86. The largest absolute Gasteiger partial charge is 0.486 e. The molecule has 3 nitrogen and oxygen atoms in total. The van der Waals surface area contributed by atoms with Crippen LogP contribution in [0.5, 0.6) is 5.75 Å². The third-order valence-corrected chi connectivity index (χ3v) is 3.55. The number of hydrogen-bond acceptors (Lipinski definition) is 3. The SMILES string of the molecule is O=C(COc1ccc(CO)cc1)C1CCCCC1. The van der Waals surface area contributed by atoms with E-state index >= 15 is 0 Å². The number of benzene rings is 1. The Morgan fingerprint density at radius 2 is 1.83 bits per heavy atom. The van der Waals surface area contributed by atoms with Gasteiger partial charge in [0.25, 0.3) is 0 Å². The van der Waals surface area contributed by atoms with Gasteiger partial charge < -0.3 is 9.84 Å². The van der Waals surface area contributed by atoms with Crippen molar-refractivity contribution in [3.63, 3.8) is 0 Å². The van der Waals surface area contributed by atoms with E-state index in [0.29, 0.717) is 5.75 Å². The molecule has 0 bridgehead atoms. The molecule has 0 unspecified atom stereocenters. The number of ketones is 1. The normalized spacial score (nSPS) is 16.5. The maximum Gasteiger partial charge on any atom is 0.173 e. The Balaban J connectivity index is 1.80. The van der Waals surface area contributed by atoms with Gasteiger partial charge in [0, 0.05) is 5.92 Å². The minimum Gasteiger partial charge on any atom is -0.486 e. The van der Waals surface area contributed by atoms with E-state index in [4.69, 9.17) is 9.84 Å². The predicted octanol–water partition coefficient (Wildman–Crippen LogP) is 2.71. The molecule has 0 radical (unpaired) electrons. The highest BCUT2D eigenvalue weighted by Gasteiger charge is 2.21. The Hall–Kier alpha value is -1.35. The highest BCUT2D eigenvalue weighted by Crippen LogP contribution is 2.24. The minimum atomic E-state index is 0.0291. The van der Waals surface area contributed by atoms with Crippen LogP contribution in [-0.2, 0) is 11.4 Å². The van der Waals surface area contributed by atoms with Crippen LogP contribution >= 0.6 is 0 Å². The van der Waals surface area contributed by atoms with E-state index in [1.54, 1.807) is 24.3 Å². The average molecular weight is 248 g/mol. The van der Waals surface area contributed by atoms with Crippen LogP contribution in [-0.4, -0.2) is 17.5 Å². The molecular formula is C15H20O3. The van der Waals surface area contributed by atoms with Crippen molar-refractivity contribution in [2.24, 2.45) is 5.92 Å². The fourth-order valence-corrected chi connectivity index (χ4v) is 2.39. The molecule has 1 aromatic rings. The van der Waals surface area contributed by atoms with Gasteiger partial charge in [0.1, 0.15) is 12.4 Å². The van der Waals surface area contributed by atoms with Crippen LogP contribution in [0, 0.1) is 5.92 Å². The highest BCUT2D eigenvalue weighted by molar-refractivity contribution is 5.82. The van der Waals surface area contributed by atoms with Gasteiger partial charge in [-0.15, -0.1) is 0 Å². The van der Waals surface area contributed by atoms with Gasteiger partial charge in [-0.2, -0.15) is 0 Å². The molecule has 1 aromatic carbocycles. The highest BCUT2D eigenvalue weighted by atomic mass is 16.5. The van der Waals surface area contributed by atoms with Gasteiger partial charge in [0.2, 0.25) is 0 Å². The molecule has 3 heteroatoms. The molecule has 1 fully saturated rings. The maximum absolute atomic E-state index is 11.9. The number of carbonyl (C=O) groups is 1. The third kappa shape index (κ3) is 3.57. The average Bonchev–Trinajstić information content (AvgIpc) is 2.46. The van der Waals surface area contributed by atoms with Gasteiger partial charge in [-0.1, -0.05) is 31.4 Å². The Morgan fingerprint density at radius 1 is 1.17 bits per heavy atom. The van der Waals surface area contributed by atoms with Crippen LogP contribution in [0.1, 0.15) is 37.7 Å². The Labute approximate surface area is 108 Å². The zero-order valence-corrected chi connectivity index (χ0v) is 10.6. The molecule has 1 aliphatic carbocycles. The molecule has 1 N–H and O–H groups in total. The van der Waals surface area contributed by atoms with Crippen LogP contribution in [0.25, 0.3) is 0 Å². The lowest BCUT2D eigenvalue weighted by molar-refractivity contribution is -0.125. The molecule has 0 atom stereocenters. The van der Waals surface area contributed by atoms with E-state index in [-0.39, 0.29) is 24.9 Å². The molecule has 1 aliphatic rings. The van der Waals surface area contributed by atoms with E-state index < -0.39 is 0 Å². The van der Waals surface area contributed by atoms with Gasteiger partial charge in [-0.25, -0.2) is 0 Å². The molecule has 0 amide bonds. The summed E-state index contributed by atoms with van der Waals surface area (Å²) in [6.45, 7) is 0.199. The van der Waals surface area contributed by atoms with Gasteiger partial charge >= 0.3 is 0 Å².